The van der Waals surface area contributed by atoms with Crippen LogP contribution in [0.3, 0.4) is 0 Å². The van der Waals surface area contributed by atoms with Crippen LogP contribution < -0.4 is 9.47 Å². The molecule has 2 aromatic rings. The van der Waals surface area contributed by atoms with E-state index in [0.29, 0.717) is 43.4 Å². The number of hydrogen-bond acceptors (Lipinski definition) is 5. The van der Waals surface area contributed by atoms with Gasteiger partial charge < -0.3 is 14.4 Å². The van der Waals surface area contributed by atoms with Gasteiger partial charge >= 0.3 is 0 Å². The number of benzene rings is 2. The highest BCUT2D eigenvalue weighted by Crippen LogP contribution is 2.31. The molecule has 1 aliphatic rings. The molecule has 0 saturated heterocycles. The van der Waals surface area contributed by atoms with Crippen LogP contribution in [0, 0.1) is 17.0 Å². The van der Waals surface area contributed by atoms with Gasteiger partial charge in [0.25, 0.3) is 11.6 Å². The van der Waals surface area contributed by atoms with Gasteiger partial charge in [0.2, 0.25) is 0 Å². The first-order valence-electron chi connectivity index (χ1n) is 8.43. The second kappa shape index (κ2) is 7.43. The van der Waals surface area contributed by atoms with Crippen molar-refractivity contribution >= 4 is 11.6 Å². The number of nitrogens with zero attached hydrogens (tertiary/aromatic N) is 2. The molecule has 1 heterocycles. The average molecular weight is 356 g/mol. The van der Waals surface area contributed by atoms with Gasteiger partial charge in [-0.25, -0.2) is 0 Å². The van der Waals surface area contributed by atoms with Crippen LogP contribution in [0.15, 0.2) is 36.4 Å². The van der Waals surface area contributed by atoms with Crippen molar-refractivity contribution in [2.24, 2.45) is 0 Å². The Balaban J connectivity index is 1.87. The number of para-hydroxylation sites is 1. The van der Waals surface area contributed by atoms with Gasteiger partial charge in [0.1, 0.15) is 18.8 Å². The minimum Gasteiger partial charge on any atom is -0.486 e. The topological polar surface area (TPSA) is 81.9 Å². The summed E-state index contributed by atoms with van der Waals surface area (Å²) in [5, 5.41) is 11.4. The number of nitro benzene ring substituents is 1. The van der Waals surface area contributed by atoms with Crippen LogP contribution in [0.1, 0.15) is 28.4 Å². The maximum atomic E-state index is 12.9. The molecule has 2 aromatic carbocycles. The number of fused-ring (bicyclic) bond motifs is 1. The molecule has 0 radical (unpaired) electrons. The highest BCUT2D eigenvalue weighted by atomic mass is 16.6. The van der Waals surface area contributed by atoms with Crippen molar-refractivity contribution in [3.8, 4) is 11.5 Å². The summed E-state index contributed by atoms with van der Waals surface area (Å²) in [7, 11) is 0. The predicted molar refractivity (Wildman–Crippen MR) is 95.7 cm³/mol. The fraction of sp³-hybridized carbons (Fsp3) is 0.316. The largest absolute Gasteiger partial charge is 0.486 e. The van der Waals surface area contributed by atoms with Crippen LogP contribution in [0.5, 0.6) is 11.5 Å². The van der Waals surface area contributed by atoms with E-state index >= 15 is 0 Å². The predicted octanol–water partition coefficient (Wildman–Crippen LogP) is 3.34. The third-order valence-corrected chi connectivity index (χ3v) is 4.30. The van der Waals surface area contributed by atoms with Gasteiger partial charge in [0.15, 0.2) is 11.5 Å². The van der Waals surface area contributed by atoms with Crippen LogP contribution >= 0.6 is 0 Å². The van der Waals surface area contributed by atoms with E-state index in [4.69, 9.17) is 9.47 Å². The summed E-state index contributed by atoms with van der Waals surface area (Å²) >= 11 is 0. The zero-order valence-corrected chi connectivity index (χ0v) is 14.7. The fourth-order valence-corrected chi connectivity index (χ4v) is 2.98. The van der Waals surface area contributed by atoms with Crippen LogP contribution in [-0.2, 0) is 6.54 Å². The zero-order chi connectivity index (χ0) is 18.7. The molecule has 0 unspecified atom stereocenters. The van der Waals surface area contributed by atoms with Gasteiger partial charge in [-0.15, -0.1) is 0 Å². The minimum atomic E-state index is -0.500. The van der Waals surface area contributed by atoms with E-state index in [1.165, 1.54) is 6.07 Å². The Kier molecular flexibility index (Phi) is 5.06. The molecule has 7 heteroatoms. The Labute approximate surface area is 151 Å². The van der Waals surface area contributed by atoms with E-state index in [2.05, 4.69) is 0 Å². The van der Waals surface area contributed by atoms with Crippen molar-refractivity contribution in [1.29, 1.82) is 0 Å². The van der Waals surface area contributed by atoms with Gasteiger partial charge in [0.05, 0.1) is 4.92 Å². The highest BCUT2D eigenvalue weighted by Gasteiger charge is 2.26. The number of carbonyl (C=O) groups is 1. The Bertz CT molecular complexity index is 850. The quantitative estimate of drug-likeness (QED) is 0.606. The first-order chi connectivity index (χ1) is 12.5. The lowest BCUT2D eigenvalue weighted by Crippen LogP contribution is -2.31. The first kappa shape index (κ1) is 17.7. The van der Waals surface area contributed by atoms with Gasteiger partial charge in [0, 0.05) is 18.7 Å². The molecule has 3 rings (SSSR count). The number of nitro groups is 1. The molecule has 0 bridgehead atoms. The molecular formula is C19H20N2O5. The molecule has 0 saturated carbocycles. The second-order valence-electron chi connectivity index (χ2n) is 6.03. The smallest absolute Gasteiger partial charge is 0.285 e. The van der Waals surface area contributed by atoms with Gasteiger partial charge in [-0.05, 0) is 37.6 Å². The van der Waals surface area contributed by atoms with Crippen LogP contribution in [0.25, 0.3) is 0 Å². The third-order valence-electron chi connectivity index (χ3n) is 4.30. The maximum Gasteiger partial charge on any atom is 0.285 e. The van der Waals surface area contributed by atoms with Crippen LogP contribution in [0.4, 0.5) is 5.69 Å². The SMILES string of the molecule is CCN(Cc1ccc2c(c1)OCCO2)C(=O)c1cccc(C)c1[N+](=O)[O-]. The summed E-state index contributed by atoms with van der Waals surface area (Å²) in [6.45, 7) is 5.24. The maximum absolute atomic E-state index is 12.9. The molecule has 0 atom stereocenters. The summed E-state index contributed by atoms with van der Waals surface area (Å²) in [6, 6.07) is 10.3. The van der Waals surface area contributed by atoms with Crippen molar-refractivity contribution in [2.75, 3.05) is 19.8 Å². The number of hydrogen-bond donors (Lipinski definition) is 0. The van der Waals surface area contributed by atoms with Gasteiger partial charge in [-0.2, -0.15) is 0 Å². The third kappa shape index (κ3) is 3.46. The number of ether oxygens (including phenoxy) is 2. The Morgan fingerprint density at radius 3 is 2.62 bits per heavy atom. The number of aryl methyl sites for hydroxylation is 1. The van der Waals surface area contributed by atoms with E-state index in [0.717, 1.165) is 5.56 Å². The minimum absolute atomic E-state index is 0.106. The molecule has 26 heavy (non-hydrogen) atoms. The molecule has 0 spiro atoms. The van der Waals surface area contributed by atoms with Crippen molar-refractivity contribution in [1.82, 2.24) is 4.90 Å². The highest BCUT2D eigenvalue weighted by molar-refractivity contribution is 5.98. The van der Waals surface area contributed by atoms with Gasteiger partial charge in [-0.3, -0.25) is 14.9 Å². The summed E-state index contributed by atoms with van der Waals surface area (Å²) in [5.74, 6) is 0.972. The Morgan fingerprint density at radius 2 is 1.92 bits per heavy atom. The number of carbonyl (C=O) groups excluding carboxylic acids is 1. The lowest BCUT2D eigenvalue weighted by molar-refractivity contribution is -0.385. The van der Waals surface area contributed by atoms with Gasteiger partial charge in [-0.1, -0.05) is 18.2 Å². The molecule has 1 aliphatic heterocycles. The van der Waals surface area contributed by atoms with Crippen molar-refractivity contribution in [2.45, 2.75) is 20.4 Å². The van der Waals surface area contributed by atoms with E-state index in [-0.39, 0.29) is 17.2 Å². The van der Waals surface area contributed by atoms with E-state index < -0.39 is 4.92 Å². The second-order valence-corrected chi connectivity index (χ2v) is 6.03. The molecule has 0 aromatic heterocycles. The molecular weight excluding hydrogens is 336 g/mol. The molecule has 0 aliphatic carbocycles. The fourth-order valence-electron chi connectivity index (χ4n) is 2.98. The molecule has 0 N–H and O–H groups in total. The monoisotopic (exact) mass is 356 g/mol. The summed E-state index contributed by atoms with van der Waals surface area (Å²) in [4.78, 5) is 25.4. The number of amides is 1. The van der Waals surface area contributed by atoms with Crippen molar-refractivity contribution in [3.05, 3.63) is 63.2 Å². The molecule has 136 valence electrons. The van der Waals surface area contributed by atoms with Crippen LogP contribution in [0.2, 0.25) is 0 Å². The summed E-state index contributed by atoms with van der Waals surface area (Å²) in [6.07, 6.45) is 0. The normalized spacial score (nSPS) is 12.5. The lowest BCUT2D eigenvalue weighted by Gasteiger charge is -2.23. The van der Waals surface area contributed by atoms with Crippen LogP contribution in [-0.4, -0.2) is 35.5 Å². The van der Waals surface area contributed by atoms with Crippen molar-refractivity contribution < 1.29 is 19.2 Å². The summed E-state index contributed by atoms with van der Waals surface area (Å²) in [5.41, 5.74) is 1.31. The number of rotatable bonds is 5. The Morgan fingerprint density at radius 1 is 1.19 bits per heavy atom. The van der Waals surface area contributed by atoms with E-state index in [9.17, 15) is 14.9 Å². The van der Waals surface area contributed by atoms with E-state index in [1.807, 2.05) is 25.1 Å². The zero-order valence-electron chi connectivity index (χ0n) is 14.7. The summed E-state index contributed by atoms with van der Waals surface area (Å²) < 4.78 is 11.1. The first-order valence-corrected chi connectivity index (χ1v) is 8.43. The Hall–Kier alpha value is -3.09. The van der Waals surface area contributed by atoms with E-state index in [1.54, 1.807) is 24.0 Å². The van der Waals surface area contributed by atoms with Crippen molar-refractivity contribution in [3.63, 3.8) is 0 Å². The molecule has 7 nitrogen and oxygen atoms in total. The molecule has 0 fully saturated rings. The average Bonchev–Trinajstić information content (AvgIpc) is 2.65. The molecule has 1 amide bonds. The standard InChI is InChI=1S/C19H20N2O5/c1-3-20(12-14-7-8-16-17(11-14)26-10-9-25-16)19(22)15-6-4-5-13(2)18(15)21(23)24/h4-8,11H,3,9-10,12H2,1-2H3. The lowest BCUT2D eigenvalue weighted by atomic mass is 10.1.